The molecule has 15 heteroatoms. The highest BCUT2D eigenvalue weighted by Crippen LogP contribution is 2.45. The highest BCUT2D eigenvalue weighted by Gasteiger charge is 2.52. The van der Waals surface area contributed by atoms with Gasteiger partial charge in [-0.2, -0.15) is 0 Å². The third kappa shape index (κ3) is 13.1. The highest BCUT2D eigenvalue weighted by molar-refractivity contribution is 6.31. The number of hydrogen-bond donors (Lipinski definition) is 2. The van der Waals surface area contributed by atoms with Gasteiger partial charge in [-0.1, -0.05) is 50.7 Å². The summed E-state index contributed by atoms with van der Waals surface area (Å²) in [7, 11) is 6.52. The molecule has 2 amide bonds. The van der Waals surface area contributed by atoms with Crippen LogP contribution in [0.15, 0.2) is 78.9 Å². The number of hydrogen-bond acceptors (Lipinski definition) is 12. The van der Waals surface area contributed by atoms with E-state index in [1.807, 2.05) is 60.0 Å². The molecule has 4 atom stereocenters. The molecule has 4 heterocycles. The Kier molecular flexibility index (Phi) is 20.7. The van der Waals surface area contributed by atoms with E-state index in [1.165, 1.54) is 5.56 Å². The molecule has 2 unspecified atom stereocenters. The monoisotopic (exact) mass is 1000 g/mol. The number of para-hydroxylation sites is 1. The zero-order valence-electron chi connectivity index (χ0n) is 41.6. The molecule has 2 saturated heterocycles. The van der Waals surface area contributed by atoms with E-state index in [0.29, 0.717) is 73.6 Å². The van der Waals surface area contributed by atoms with Gasteiger partial charge in [0.25, 0.3) is 11.8 Å². The van der Waals surface area contributed by atoms with Gasteiger partial charge < -0.3 is 58.3 Å². The van der Waals surface area contributed by atoms with Crippen LogP contribution in [0, 0.1) is 11.8 Å². The number of carbonyl (C=O) groups excluding carboxylic acids is 2. The first-order valence-corrected chi connectivity index (χ1v) is 24.6. The van der Waals surface area contributed by atoms with Crippen molar-refractivity contribution in [1.29, 1.82) is 0 Å². The van der Waals surface area contributed by atoms with Crippen LogP contribution in [0.2, 0.25) is 5.02 Å². The number of fused-ring (bicyclic) bond motifs is 2. The molecule has 0 radical (unpaired) electrons. The summed E-state index contributed by atoms with van der Waals surface area (Å²) in [5.74, 6) is 4.40. The molecule has 0 aliphatic carbocycles. The molecule has 4 aliphatic rings. The third-order valence-electron chi connectivity index (χ3n) is 13.7. The molecular weight excluding hydrogens is 924 g/mol. The van der Waals surface area contributed by atoms with E-state index in [-0.39, 0.29) is 56.2 Å². The lowest BCUT2D eigenvalue weighted by molar-refractivity contribution is 0.0354. The fourth-order valence-corrected chi connectivity index (χ4v) is 10.1. The van der Waals surface area contributed by atoms with Crippen LogP contribution < -0.4 is 39.1 Å². The van der Waals surface area contributed by atoms with Crippen LogP contribution in [0.5, 0.6) is 34.5 Å². The van der Waals surface area contributed by atoms with Crippen molar-refractivity contribution in [2.45, 2.75) is 91.5 Å². The average molecular weight is 1000 g/mol. The number of rotatable bonds is 20. The van der Waals surface area contributed by atoms with Crippen LogP contribution in [0.3, 0.4) is 0 Å². The van der Waals surface area contributed by atoms with Gasteiger partial charge in [-0.25, -0.2) is 0 Å². The van der Waals surface area contributed by atoms with Crippen molar-refractivity contribution < 1.29 is 47.5 Å². The van der Waals surface area contributed by atoms with Gasteiger partial charge in [0, 0.05) is 138 Å². The number of ether oxygens (including phenoxy) is 8. The van der Waals surface area contributed by atoms with Crippen LogP contribution in [-0.4, -0.2) is 139 Å². The van der Waals surface area contributed by atoms with Crippen molar-refractivity contribution in [2.24, 2.45) is 11.8 Å². The van der Waals surface area contributed by atoms with Gasteiger partial charge in [-0.05, 0) is 87.9 Å². The Morgan fingerprint density at radius 3 is 1.58 bits per heavy atom. The number of carbonyl (C=O) groups is 2. The van der Waals surface area contributed by atoms with Crippen LogP contribution in [0.25, 0.3) is 0 Å². The molecule has 2 spiro atoms. The summed E-state index contributed by atoms with van der Waals surface area (Å²) >= 11 is 6.46. The molecule has 4 aromatic rings. The number of halogens is 1. The Hall–Kier alpha value is -5.25. The van der Waals surface area contributed by atoms with Gasteiger partial charge >= 0.3 is 0 Å². The fraction of sp³-hybridized carbons (Fsp3) is 0.536. The summed E-state index contributed by atoms with van der Waals surface area (Å²) in [6.07, 6.45) is 3.11. The number of methoxy groups -OCH3 is 4. The summed E-state index contributed by atoms with van der Waals surface area (Å²) in [5, 5.41) is 7.73. The number of nitrogens with one attached hydrogen (secondary N) is 2. The van der Waals surface area contributed by atoms with Gasteiger partial charge in [-0.15, -0.1) is 0 Å². The standard InChI is InChI=1S/C27H35ClN2O5.C27H36N2O5.2CH4/c1-18(2)30(26(31)19-9-10-24(33-4)25(13-19)34-12-6-11-32-3)16-20-15-29-17-27(20)14-21-22(28)7-5-8-23(21)35-27;1-19(2)29(17-22-16-28-18-27(22)15-21-8-5-6-9-23(21)34-27)26(30)20-10-11-24(32-4)25(14-20)33-13-7-12-31-3;;/h5,7-10,13,18,20,29H,6,11-12,14-17H2,1-4H3;5-6,8-11,14,19,22,28H,7,12-13,15-18H2,1-4H3;2*1H4/t;22-,27-;;/m.0../s1. The first kappa shape index (κ1) is 56.7. The van der Waals surface area contributed by atoms with Gasteiger partial charge in [0.1, 0.15) is 22.7 Å². The molecule has 0 saturated carbocycles. The largest absolute Gasteiger partial charge is 0.493 e. The van der Waals surface area contributed by atoms with Crippen molar-refractivity contribution >= 4 is 23.4 Å². The summed E-state index contributed by atoms with van der Waals surface area (Å²) in [6.45, 7) is 14.7. The molecule has 4 aromatic carbocycles. The maximum Gasteiger partial charge on any atom is 0.254 e. The average Bonchev–Trinajstić information content (AvgIpc) is 4.14. The second-order valence-corrected chi connectivity index (χ2v) is 19.3. The summed E-state index contributed by atoms with van der Waals surface area (Å²) in [4.78, 5) is 31.2. The molecular formula is C56H79ClN4O10. The Balaban J connectivity index is 0.000000257. The molecule has 0 bridgehead atoms. The van der Waals surface area contributed by atoms with Gasteiger partial charge in [0.15, 0.2) is 23.0 Å². The minimum absolute atomic E-state index is 0. The molecule has 71 heavy (non-hydrogen) atoms. The van der Waals surface area contributed by atoms with Crippen LogP contribution >= 0.6 is 11.6 Å². The highest BCUT2D eigenvalue weighted by atomic mass is 35.5. The van der Waals surface area contributed by atoms with E-state index in [0.717, 1.165) is 73.9 Å². The van der Waals surface area contributed by atoms with E-state index < -0.39 is 5.60 Å². The first-order valence-electron chi connectivity index (χ1n) is 24.2. The smallest absolute Gasteiger partial charge is 0.254 e. The molecule has 4 aliphatic heterocycles. The fourth-order valence-electron chi connectivity index (χ4n) is 9.86. The van der Waals surface area contributed by atoms with Crippen molar-refractivity contribution in [1.82, 2.24) is 20.4 Å². The summed E-state index contributed by atoms with van der Waals surface area (Å²) in [6, 6.07) is 24.8. The van der Waals surface area contributed by atoms with Gasteiger partial charge in [0.05, 0.1) is 27.4 Å². The van der Waals surface area contributed by atoms with Crippen molar-refractivity contribution in [3.8, 4) is 34.5 Å². The Bertz CT molecular complexity index is 2340. The van der Waals surface area contributed by atoms with E-state index in [2.05, 4.69) is 36.6 Å². The van der Waals surface area contributed by atoms with E-state index in [1.54, 1.807) is 58.8 Å². The lowest BCUT2D eigenvalue weighted by Gasteiger charge is -2.36. The molecule has 0 aromatic heterocycles. The molecule has 2 fully saturated rings. The predicted octanol–water partition coefficient (Wildman–Crippen LogP) is 9.03. The molecule has 390 valence electrons. The van der Waals surface area contributed by atoms with E-state index >= 15 is 0 Å². The maximum atomic E-state index is 13.7. The number of benzene rings is 4. The Morgan fingerprint density at radius 2 is 1.11 bits per heavy atom. The topological polar surface area (TPSA) is 139 Å². The molecule has 8 rings (SSSR count). The summed E-state index contributed by atoms with van der Waals surface area (Å²) < 4.78 is 45.9. The van der Waals surface area contributed by atoms with Crippen LogP contribution in [-0.2, 0) is 22.3 Å². The zero-order valence-corrected chi connectivity index (χ0v) is 42.3. The SMILES string of the molecule is C.C.COCCCOc1cc(C(=O)N(CC2CNCC23Cc2c(Cl)cccc2O3)C(C)C)ccc1OC.COCCCOc1cc(C(=O)N(C[C@@H]2CNC[C@@]23Cc2ccccc2O3)C(C)C)ccc1OC. The van der Waals surface area contributed by atoms with Gasteiger partial charge in [-0.3, -0.25) is 9.59 Å². The lowest BCUT2D eigenvalue weighted by Crippen LogP contribution is -2.50. The zero-order chi connectivity index (χ0) is 49.1. The lowest BCUT2D eigenvalue weighted by atomic mass is 9.86. The quantitative estimate of drug-likeness (QED) is 0.0818. The van der Waals surface area contributed by atoms with Crippen molar-refractivity contribution in [3.05, 3.63) is 106 Å². The maximum absolute atomic E-state index is 13.7. The molecule has 2 N–H and O–H groups in total. The normalized spacial score (nSPS) is 20.2. The number of nitrogens with zero attached hydrogens (tertiary/aromatic N) is 2. The Morgan fingerprint density at radius 1 is 0.634 bits per heavy atom. The third-order valence-corrected chi connectivity index (χ3v) is 14.0. The van der Waals surface area contributed by atoms with Gasteiger partial charge in [0.2, 0.25) is 0 Å². The minimum Gasteiger partial charge on any atom is -0.493 e. The summed E-state index contributed by atoms with van der Waals surface area (Å²) in [5.41, 5.74) is 2.73. The van der Waals surface area contributed by atoms with Crippen molar-refractivity contribution in [3.63, 3.8) is 0 Å². The second-order valence-electron chi connectivity index (χ2n) is 18.9. The van der Waals surface area contributed by atoms with Crippen molar-refractivity contribution in [2.75, 3.05) is 94.1 Å². The van der Waals surface area contributed by atoms with Crippen LogP contribution in [0.4, 0.5) is 0 Å². The minimum atomic E-state index is -0.406. The van der Waals surface area contributed by atoms with E-state index in [4.69, 9.17) is 49.5 Å². The molecule has 14 nitrogen and oxygen atoms in total. The van der Waals surface area contributed by atoms with Crippen LogP contribution in [0.1, 0.15) is 87.2 Å². The second kappa shape index (κ2) is 25.9. The predicted molar refractivity (Wildman–Crippen MR) is 281 cm³/mol. The van der Waals surface area contributed by atoms with E-state index in [9.17, 15) is 9.59 Å². The Labute approximate surface area is 427 Å². The number of amides is 2. The first-order chi connectivity index (χ1) is 33.3.